The molecule has 3 aromatic carbocycles. The number of aryl methyl sites for hydroxylation is 1. The highest BCUT2D eigenvalue weighted by atomic mass is 16.6. The van der Waals surface area contributed by atoms with Gasteiger partial charge in [0.1, 0.15) is 24.2 Å². The first kappa shape index (κ1) is 44.0. The van der Waals surface area contributed by atoms with Crippen molar-refractivity contribution in [2.24, 2.45) is 5.73 Å². The number of aliphatic carboxylic acids is 1. The van der Waals surface area contributed by atoms with E-state index in [1.807, 2.05) is 79.7 Å². The Bertz CT molecular complexity index is 1890. The predicted molar refractivity (Wildman–Crippen MR) is 222 cm³/mol. The van der Waals surface area contributed by atoms with Crippen LogP contribution in [0.15, 0.2) is 79.0 Å². The zero-order valence-electron chi connectivity index (χ0n) is 33.4. The van der Waals surface area contributed by atoms with Gasteiger partial charge in [-0.3, -0.25) is 14.4 Å². The fourth-order valence-electron chi connectivity index (χ4n) is 6.86. The molecule has 0 unspecified atom stereocenters. The van der Waals surface area contributed by atoms with E-state index >= 15 is 0 Å². The van der Waals surface area contributed by atoms with Crippen molar-refractivity contribution in [1.29, 1.82) is 0 Å². The van der Waals surface area contributed by atoms with Gasteiger partial charge < -0.3 is 50.1 Å². The normalized spacial score (nSPS) is 14.4. The Morgan fingerprint density at radius 3 is 2.21 bits per heavy atom. The quantitative estimate of drug-likeness (QED) is 0.0616. The fraction of sp³-hybridized carbons (Fsp3) is 0.455. The number of nitrogens with one attached hydrogen (secondary N) is 2. The second-order valence-electron chi connectivity index (χ2n) is 14.0. The molecule has 14 nitrogen and oxygen atoms in total. The Hall–Kier alpha value is -5.12. The monoisotopic (exact) mass is 799 g/mol. The molecule has 0 radical (unpaired) electrons. The van der Waals surface area contributed by atoms with E-state index in [4.69, 9.17) is 29.4 Å². The summed E-state index contributed by atoms with van der Waals surface area (Å²) in [6.45, 7) is 7.77. The molecule has 1 aromatic heterocycles. The first-order chi connectivity index (χ1) is 28.3. The maximum atomic E-state index is 13.6. The molecule has 2 atom stereocenters. The van der Waals surface area contributed by atoms with Crippen molar-refractivity contribution < 1.29 is 43.2 Å². The van der Waals surface area contributed by atoms with E-state index in [1.54, 1.807) is 11.1 Å². The number of pyridine rings is 1. The topological polar surface area (TPSA) is 184 Å². The van der Waals surface area contributed by atoms with Gasteiger partial charge in [0.15, 0.2) is 0 Å². The average Bonchev–Trinajstić information content (AvgIpc) is 3.73. The molecule has 1 saturated heterocycles. The summed E-state index contributed by atoms with van der Waals surface area (Å²) in [4.78, 5) is 44.7. The molecule has 1 aliphatic heterocycles. The van der Waals surface area contributed by atoms with Gasteiger partial charge in [-0.1, -0.05) is 54.6 Å². The largest absolute Gasteiger partial charge is 0.491 e. The Balaban J connectivity index is 1.11. The highest BCUT2D eigenvalue weighted by Gasteiger charge is 2.35. The van der Waals surface area contributed by atoms with Gasteiger partial charge in [-0.05, 0) is 72.0 Å². The van der Waals surface area contributed by atoms with Crippen molar-refractivity contribution in [3.63, 3.8) is 0 Å². The van der Waals surface area contributed by atoms with E-state index in [0.29, 0.717) is 110 Å². The molecule has 0 bridgehead atoms. The minimum absolute atomic E-state index is 0.0895. The molecule has 0 saturated carbocycles. The van der Waals surface area contributed by atoms with Gasteiger partial charge in [-0.25, -0.2) is 4.98 Å². The number of carboxylic acid groups (broad SMARTS) is 1. The van der Waals surface area contributed by atoms with Crippen LogP contribution >= 0.6 is 0 Å². The molecule has 58 heavy (non-hydrogen) atoms. The maximum absolute atomic E-state index is 13.6. The number of fused-ring (bicyclic) bond motifs is 1. The van der Waals surface area contributed by atoms with Crippen molar-refractivity contribution >= 4 is 34.4 Å². The minimum Gasteiger partial charge on any atom is -0.491 e. The number of rotatable bonds is 26. The Kier molecular flexibility index (Phi) is 18.2. The van der Waals surface area contributed by atoms with Crippen LogP contribution in [0, 0.1) is 6.92 Å². The average molecular weight is 800 g/mol. The lowest BCUT2D eigenvalue weighted by molar-refractivity contribution is -0.140. The van der Waals surface area contributed by atoms with Gasteiger partial charge in [-0.2, -0.15) is 0 Å². The number of carbonyl (C=O) groups is 3. The number of hydrogen-bond acceptors (Lipinski definition) is 11. The summed E-state index contributed by atoms with van der Waals surface area (Å²) >= 11 is 0. The zero-order chi connectivity index (χ0) is 41.0. The van der Waals surface area contributed by atoms with Crippen molar-refractivity contribution in [3.8, 4) is 16.9 Å². The second-order valence-corrected chi connectivity index (χ2v) is 14.0. The van der Waals surface area contributed by atoms with E-state index in [0.717, 1.165) is 39.0 Å². The SMILES string of the molecule is Cc1ccnc(NCCCC(=O)N2CCC[C@H]2C(=O)N[C@@H](CC(=O)O)c2ccc(-c3ccc(OCCOCCOCCOCCOCCN)c4ccccc34)cc2)c1. The second kappa shape index (κ2) is 24.0. The number of nitrogens with zero attached hydrogens (tertiary/aromatic N) is 2. The lowest BCUT2D eigenvalue weighted by Crippen LogP contribution is -2.47. The summed E-state index contributed by atoms with van der Waals surface area (Å²) in [6, 6.07) is 22.0. The smallest absolute Gasteiger partial charge is 0.305 e. The number of carbonyl (C=O) groups excluding carboxylic acids is 2. The van der Waals surface area contributed by atoms with Gasteiger partial charge in [-0.15, -0.1) is 0 Å². The van der Waals surface area contributed by atoms with Crippen LogP contribution < -0.4 is 21.1 Å². The number of benzene rings is 3. The van der Waals surface area contributed by atoms with E-state index in [1.165, 1.54) is 0 Å². The Morgan fingerprint density at radius 1 is 0.862 bits per heavy atom. The van der Waals surface area contributed by atoms with Crippen molar-refractivity contribution in [1.82, 2.24) is 15.2 Å². The third-order valence-electron chi connectivity index (χ3n) is 9.73. The minimum atomic E-state index is -1.04. The van der Waals surface area contributed by atoms with Crippen molar-refractivity contribution in [3.05, 3.63) is 90.1 Å². The zero-order valence-corrected chi connectivity index (χ0v) is 33.4. The third kappa shape index (κ3) is 13.8. The summed E-state index contributed by atoms with van der Waals surface area (Å²) in [7, 11) is 0. The Morgan fingerprint density at radius 2 is 1.53 bits per heavy atom. The van der Waals surface area contributed by atoms with Crippen LogP contribution in [-0.2, 0) is 33.3 Å². The molecular weight excluding hydrogens is 743 g/mol. The van der Waals surface area contributed by atoms with Crippen molar-refractivity contribution in [2.75, 3.05) is 84.4 Å². The maximum Gasteiger partial charge on any atom is 0.305 e. The first-order valence-corrected chi connectivity index (χ1v) is 20.1. The Labute approximate surface area is 340 Å². The predicted octanol–water partition coefficient (Wildman–Crippen LogP) is 5.13. The highest BCUT2D eigenvalue weighted by Crippen LogP contribution is 2.35. The molecule has 5 N–H and O–H groups in total. The van der Waals surface area contributed by atoms with E-state index in [-0.39, 0.29) is 18.2 Å². The molecule has 4 aromatic rings. The molecule has 0 aliphatic carbocycles. The lowest BCUT2D eigenvalue weighted by atomic mass is 9.95. The lowest BCUT2D eigenvalue weighted by Gasteiger charge is -2.26. The van der Waals surface area contributed by atoms with Crippen LogP contribution in [0.2, 0.25) is 0 Å². The molecule has 0 spiro atoms. The molecule has 1 aliphatic rings. The molecule has 2 heterocycles. The number of carboxylic acids is 1. The summed E-state index contributed by atoms with van der Waals surface area (Å²) in [5.74, 6) is 0.0327. The summed E-state index contributed by atoms with van der Waals surface area (Å²) in [5.41, 5.74) is 9.06. The van der Waals surface area contributed by atoms with E-state index in [2.05, 4.69) is 15.6 Å². The number of likely N-dealkylation sites (tertiary alicyclic amines) is 1. The fourth-order valence-corrected chi connectivity index (χ4v) is 6.86. The van der Waals surface area contributed by atoms with E-state index in [9.17, 15) is 19.5 Å². The molecule has 14 heteroatoms. The van der Waals surface area contributed by atoms with Gasteiger partial charge in [0, 0.05) is 37.6 Å². The molecular formula is C44H57N5O9. The van der Waals surface area contributed by atoms with Crippen LogP contribution in [0.1, 0.15) is 49.3 Å². The number of nitrogens with two attached hydrogens (primary N) is 1. The van der Waals surface area contributed by atoms with E-state index < -0.39 is 18.1 Å². The highest BCUT2D eigenvalue weighted by molar-refractivity contribution is 6.00. The van der Waals surface area contributed by atoms with Gasteiger partial charge >= 0.3 is 5.97 Å². The summed E-state index contributed by atoms with van der Waals surface area (Å²) in [6.07, 6.45) is 3.57. The number of hydrogen-bond donors (Lipinski definition) is 4. The number of aromatic nitrogens is 1. The van der Waals surface area contributed by atoms with Gasteiger partial charge in [0.05, 0.1) is 65.3 Å². The third-order valence-corrected chi connectivity index (χ3v) is 9.73. The number of anilines is 1. The van der Waals surface area contributed by atoms with Crippen LogP contribution in [0.3, 0.4) is 0 Å². The number of amides is 2. The molecule has 5 rings (SSSR count). The molecule has 2 amide bonds. The standard InChI is InChI=1S/C44H57N5O9/c1-32-16-19-47-41(30-32)46-18-4-9-42(50)49-20-5-8-39(49)44(53)48-38(31-43(51)52)34-12-10-33(11-13-34)35-14-15-40(37-7-3-2-6-36(35)37)58-29-28-57-27-26-56-25-24-55-23-22-54-21-17-45/h2-3,6-7,10-16,19,30,38-39H,4-5,8-9,17-18,20-29,31,45H2,1H3,(H,46,47)(H,48,53)(H,51,52)/t38-,39-/m0/s1. The van der Waals surface area contributed by atoms with Gasteiger partial charge in [0.2, 0.25) is 11.8 Å². The van der Waals surface area contributed by atoms with Crippen LogP contribution in [-0.4, -0.2) is 118 Å². The van der Waals surface area contributed by atoms with Gasteiger partial charge in [0.25, 0.3) is 0 Å². The van der Waals surface area contributed by atoms with Crippen molar-refractivity contribution in [2.45, 2.75) is 51.1 Å². The van der Waals surface area contributed by atoms with Crippen LogP contribution in [0.5, 0.6) is 5.75 Å². The first-order valence-electron chi connectivity index (χ1n) is 20.1. The van der Waals surface area contributed by atoms with Crippen LogP contribution in [0.4, 0.5) is 5.82 Å². The summed E-state index contributed by atoms with van der Waals surface area (Å²) in [5, 5.41) is 17.9. The number of ether oxygens (including phenoxy) is 5. The molecule has 312 valence electrons. The molecule has 1 fully saturated rings. The summed E-state index contributed by atoms with van der Waals surface area (Å²) < 4.78 is 28.0. The van der Waals surface area contributed by atoms with Crippen LogP contribution in [0.25, 0.3) is 21.9 Å².